The summed E-state index contributed by atoms with van der Waals surface area (Å²) in [4.78, 5) is 11.3. The summed E-state index contributed by atoms with van der Waals surface area (Å²) in [6, 6.07) is 12.0. The van der Waals surface area contributed by atoms with Gasteiger partial charge in [-0.15, -0.1) is 0 Å². The molecular weight excluding hydrogens is 238 g/mol. The Morgan fingerprint density at radius 3 is 2.16 bits per heavy atom. The van der Waals surface area contributed by atoms with Crippen LogP contribution in [0.1, 0.15) is 32.1 Å². The van der Waals surface area contributed by atoms with Gasteiger partial charge in [0.2, 0.25) is 0 Å². The van der Waals surface area contributed by atoms with Crippen molar-refractivity contribution >= 4 is 5.97 Å². The number of esters is 1. The van der Waals surface area contributed by atoms with E-state index in [4.69, 9.17) is 4.74 Å². The third-order valence-electron chi connectivity index (χ3n) is 3.73. The molecule has 3 nitrogen and oxygen atoms in total. The summed E-state index contributed by atoms with van der Waals surface area (Å²) in [5, 5.41) is 3.22. The largest absolute Gasteiger partial charge is 0.463 e. The molecule has 1 aliphatic heterocycles. The molecule has 0 amide bonds. The number of hydrogen-bond donors (Lipinski definition) is 1. The SMILES string of the molecule is O=C1OCCNC1CC1CCCC1.c1ccccc1. The quantitative estimate of drug-likeness (QED) is 0.832. The Bertz CT molecular complexity index is 334. The third kappa shape index (κ3) is 5.03. The topological polar surface area (TPSA) is 38.3 Å². The van der Waals surface area contributed by atoms with Crippen molar-refractivity contribution in [2.24, 2.45) is 5.92 Å². The summed E-state index contributed by atoms with van der Waals surface area (Å²) < 4.78 is 5.00. The number of rotatable bonds is 2. The Hall–Kier alpha value is -1.35. The molecule has 1 saturated heterocycles. The number of morpholine rings is 1. The van der Waals surface area contributed by atoms with Gasteiger partial charge < -0.3 is 10.1 Å². The van der Waals surface area contributed by atoms with Gasteiger partial charge in [0, 0.05) is 6.54 Å². The Kier molecular flexibility index (Phi) is 5.89. The van der Waals surface area contributed by atoms with Crippen LogP contribution in [0.15, 0.2) is 36.4 Å². The molecule has 0 spiro atoms. The molecule has 0 bridgehead atoms. The number of carbonyl (C=O) groups excluding carboxylic acids is 1. The fraction of sp³-hybridized carbons (Fsp3) is 0.562. The number of nitrogens with one attached hydrogen (secondary N) is 1. The van der Waals surface area contributed by atoms with Crippen molar-refractivity contribution in [2.75, 3.05) is 13.2 Å². The predicted molar refractivity (Wildman–Crippen MR) is 75.8 cm³/mol. The predicted octanol–water partition coefficient (Wildman–Crippen LogP) is 2.77. The first-order chi connectivity index (χ1) is 9.36. The first-order valence-electron chi connectivity index (χ1n) is 7.26. The molecular formula is C16H23NO2. The van der Waals surface area contributed by atoms with Crippen molar-refractivity contribution in [3.63, 3.8) is 0 Å². The minimum atomic E-state index is -0.0434. The summed E-state index contributed by atoms with van der Waals surface area (Å²) in [6.07, 6.45) is 6.26. The van der Waals surface area contributed by atoms with Crippen molar-refractivity contribution in [3.05, 3.63) is 36.4 Å². The Morgan fingerprint density at radius 1 is 1.05 bits per heavy atom. The Labute approximate surface area is 115 Å². The van der Waals surface area contributed by atoms with Gasteiger partial charge in [-0.3, -0.25) is 4.79 Å². The number of ether oxygens (including phenoxy) is 1. The fourth-order valence-corrected chi connectivity index (χ4v) is 2.71. The van der Waals surface area contributed by atoms with Gasteiger partial charge in [0.25, 0.3) is 0 Å². The lowest BCUT2D eigenvalue weighted by Gasteiger charge is -2.24. The highest BCUT2D eigenvalue weighted by molar-refractivity contribution is 5.76. The minimum absolute atomic E-state index is 0.0168. The second-order valence-corrected chi connectivity index (χ2v) is 5.22. The molecule has 104 valence electrons. The van der Waals surface area contributed by atoms with Crippen LogP contribution in [0.4, 0.5) is 0 Å². The van der Waals surface area contributed by atoms with Gasteiger partial charge in [0.1, 0.15) is 12.6 Å². The van der Waals surface area contributed by atoms with E-state index in [-0.39, 0.29) is 12.0 Å². The molecule has 1 aromatic rings. The van der Waals surface area contributed by atoms with Gasteiger partial charge in [-0.2, -0.15) is 0 Å². The van der Waals surface area contributed by atoms with Crippen LogP contribution in [0.5, 0.6) is 0 Å². The number of carbonyl (C=O) groups is 1. The van der Waals surface area contributed by atoms with Crippen LogP contribution < -0.4 is 5.32 Å². The molecule has 1 N–H and O–H groups in total. The van der Waals surface area contributed by atoms with E-state index in [9.17, 15) is 4.79 Å². The van der Waals surface area contributed by atoms with Gasteiger partial charge in [-0.1, -0.05) is 62.1 Å². The van der Waals surface area contributed by atoms with Crippen LogP contribution >= 0.6 is 0 Å². The summed E-state index contributed by atoms with van der Waals surface area (Å²) in [5.74, 6) is 0.710. The molecule has 2 fully saturated rings. The average Bonchev–Trinajstić information content (AvgIpc) is 2.97. The van der Waals surface area contributed by atoms with E-state index in [1.807, 2.05) is 36.4 Å². The lowest BCUT2D eigenvalue weighted by molar-refractivity contribution is -0.150. The zero-order valence-corrected chi connectivity index (χ0v) is 11.4. The van der Waals surface area contributed by atoms with E-state index < -0.39 is 0 Å². The maximum Gasteiger partial charge on any atom is 0.323 e. The fourth-order valence-electron chi connectivity index (χ4n) is 2.71. The average molecular weight is 261 g/mol. The van der Waals surface area contributed by atoms with Crippen LogP contribution in [0.2, 0.25) is 0 Å². The maximum atomic E-state index is 11.3. The van der Waals surface area contributed by atoms with Crippen molar-refractivity contribution in [1.82, 2.24) is 5.32 Å². The van der Waals surface area contributed by atoms with E-state index in [1.54, 1.807) is 0 Å². The van der Waals surface area contributed by atoms with Crippen molar-refractivity contribution in [2.45, 2.75) is 38.1 Å². The third-order valence-corrected chi connectivity index (χ3v) is 3.73. The molecule has 2 aliphatic rings. The first-order valence-corrected chi connectivity index (χ1v) is 7.26. The van der Waals surface area contributed by atoms with Crippen molar-refractivity contribution in [1.29, 1.82) is 0 Å². The van der Waals surface area contributed by atoms with Gasteiger partial charge in [0.15, 0.2) is 0 Å². The first kappa shape index (κ1) is 14.1. The number of benzene rings is 1. The highest BCUT2D eigenvalue weighted by Crippen LogP contribution is 2.29. The van der Waals surface area contributed by atoms with Crippen molar-refractivity contribution < 1.29 is 9.53 Å². The summed E-state index contributed by atoms with van der Waals surface area (Å²) >= 11 is 0. The van der Waals surface area contributed by atoms with Crippen LogP contribution in [-0.4, -0.2) is 25.2 Å². The molecule has 1 heterocycles. The lowest BCUT2D eigenvalue weighted by Crippen LogP contribution is -2.46. The molecule has 0 aromatic heterocycles. The highest BCUT2D eigenvalue weighted by atomic mass is 16.5. The molecule has 1 saturated carbocycles. The van der Waals surface area contributed by atoms with Crippen LogP contribution in [0.25, 0.3) is 0 Å². The molecule has 1 unspecified atom stereocenters. The molecule has 1 atom stereocenters. The Balaban J connectivity index is 0.000000186. The molecule has 0 radical (unpaired) electrons. The van der Waals surface area contributed by atoms with E-state index >= 15 is 0 Å². The normalized spacial score (nSPS) is 23.4. The van der Waals surface area contributed by atoms with E-state index in [0.717, 1.165) is 18.9 Å². The van der Waals surface area contributed by atoms with Gasteiger partial charge >= 0.3 is 5.97 Å². The zero-order valence-electron chi connectivity index (χ0n) is 11.4. The lowest BCUT2D eigenvalue weighted by atomic mass is 9.98. The molecule has 3 rings (SSSR count). The summed E-state index contributed by atoms with van der Waals surface area (Å²) in [5.41, 5.74) is 0. The molecule has 1 aromatic carbocycles. The number of cyclic esters (lactones) is 1. The molecule has 19 heavy (non-hydrogen) atoms. The maximum absolute atomic E-state index is 11.3. The van der Waals surface area contributed by atoms with Crippen LogP contribution in [-0.2, 0) is 9.53 Å². The van der Waals surface area contributed by atoms with Gasteiger partial charge in [-0.05, 0) is 12.3 Å². The van der Waals surface area contributed by atoms with Gasteiger partial charge in [0.05, 0.1) is 0 Å². The molecule has 3 heteroatoms. The minimum Gasteiger partial charge on any atom is -0.463 e. The zero-order chi connectivity index (χ0) is 13.3. The summed E-state index contributed by atoms with van der Waals surface area (Å²) in [6.45, 7) is 1.36. The number of hydrogen-bond acceptors (Lipinski definition) is 3. The van der Waals surface area contributed by atoms with Gasteiger partial charge in [-0.25, -0.2) is 0 Å². The standard InChI is InChI=1S/C10H17NO2.C6H6/c12-10-9(11-5-6-13-10)7-8-3-1-2-4-8;1-2-4-6-5-3-1/h8-9,11H,1-7H2;1-6H. The van der Waals surface area contributed by atoms with Crippen LogP contribution in [0, 0.1) is 5.92 Å². The van der Waals surface area contributed by atoms with Crippen LogP contribution in [0.3, 0.4) is 0 Å². The van der Waals surface area contributed by atoms with E-state index in [0.29, 0.717) is 6.61 Å². The summed E-state index contributed by atoms with van der Waals surface area (Å²) in [7, 11) is 0. The van der Waals surface area contributed by atoms with E-state index in [1.165, 1.54) is 25.7 Å². The Morgan fingerprint density at radius 2 is 1.63 bits per heavy atom. The smallest absolute Gasteiger partial charge is 0.323 e. The monoisotopic (exact) mass is 261 g/mol. The highest BCUT2D eigenvalue weighted by Gasteiger charge is 2.27. The molecule has 1 aliphatic carbocycles. The van der Waals surface area contributed by atoms with Crippen molar-refractivity contribution in [3.8, 4) is 0 Å². The second kappa shape index (κ2) is 7.95. The second-order valence-electron chi connectivity index (χ2n) is 5.22. The van der Waals surface area contributed by atoms with E-state index in [2.05, 4.69) is 5.32 Å².